The van der Waals surface area contributed by atoms with Crippen molar-refractivity contribution in [1.29, 1.82) is 0 Å². The first kappa shape index (κ1) is 16.4. The summed E-state index contributed by atoms with van der Waals surface area (Å²) >= 11 is 0. The molecule has 3 heteroatoms. The van der Waals surface area contributed by atoms with Crippen molar-refractivity contribution in [3.8, 4) is 0 Å². The van der Waals surface area contributed by atoms with Crippen LogP contribution in [0.2, 0.25) is 0 Å². The van der Waals surface area contributed by atoms with Crippen molar-refractivity contribution < 1.29 is 9.90 Å². The molecular formula is C7H17ClO2. The van der Waals surface area contributed by atoms with Gasteiger partial charge >= 0.3 is 0 Å². The Balaban J connectivity index is -0.0000000910. The molecule has 0 amide bonds. The van der Waals surface area contributed by atoms with Gasteiger partial charge in [-0.05, 0) is 0 Å². The van der Waals surface area contributed by atoms with Crippen LogP contribution in [0.5, 0.6) is 0 Å². The van der Waals surface area contributed by atoms with Gasteiger partial charge in [0.1, 0.15) is 0 Å². The number of carbonyl (C=O) groups is 1. The van der Waals surface area contributed by atoms with E-state index in [-0.39, 0.29) is 12.4 Å². The van der Waals surface area contributed by atoms with Gasteiger partial charge in [0.15, 0.2) is 0 Å². The zero-order chi connectivity index (χ0) is 7.70. The molecule has 0 radical (unpaired) electrons. The third kappa shape index (κ3) is 114. The van der Waals surface area contributed by atoms with Crippen LogP contribution in [0.4, 0.5) is 0 Å². The average Bonchev–Trinajstić information content (AvgIpc) is 1.66. The highest BCUT2D eigenvalue weighted by Gasteiger charge is 1.68. The number of unbranched alkanes of at least 4 members (excludes halogenated alkanes) is 2. The minimum atomic E-state index is -0.833. The minimum absolute atomic E-state index is 0. The second-order valence-corrected chi connectivity index (χ2v) is 1.87. The topological polar surface area (TPSA) is 37.3 Å². The summed E-state index contributed by atoms with van der Waals surface area (Å²) in [6.07, 6.45) is 4.08. The molecule has 0 aliphatic heterocycles. The highest BCUT2D eigenvalue weighted by atomic mass is 35.5. The van der Waals surface area contributed by atoms with Crippen molar-refractivity contribution >= 4 is 18.4 Å². The van der Waals surface area contributed by atoms with E-state index < -0.39 is 5.97 Å². The quantitative estimate of drug-likeness (QED) is 0.689. The lowest BCUT2D eigenvalue weighted by Gasteiger charge is -1.79. The second-order valence-electron chi connectivity index (χ2n) is 1.87. The van der Waals surface area contributed by atoms with Crippen LogP contribution in [-0.4, -0.2) is 11.1 Å². The lowest BCUT2D eigenvalue weighted by Crippen LogP contribution is -1.78. The Morgan fingerprint density at radius 3 is 1.50 bits per heavy atom. The number of rotatable bonds is 2. The van der Waals surface area contributed by atoms with E-state index >= 15 is 0 Å². The molecule has 1 N–H and O–H groups in total. The smallest absolute Gasteiger partial charge is 0.300 e. The fraction of sp³-hybridized carbons (Fsp3) is 0.857. The summed E-state index contributed by atoms with van der Waals surface area (Å²) in [5.74, 6) is -0.833. The summed E-state index contributed by atoms with van der Waals surface area (Å²) in [5, 5.41) is 7.42. The predicted octanol–water partition coefficient (Wildman–Crippen LogP) is 2.71. The summed E-state index contributed by atoms with van der Waals surface area (Å²) in [6.45, 7) is 5.51. The first-order chi connectivity index (χ1) is 4.15. The predicted molar refractivity (Wildman–Crippen MR) is 45.8 cm³/mol. The van der Waals surface area contributed by atoms with Crippen molar-refractivity contribution in [2.24, 2.45) is 0 Å². The maximum Gasteiger partial charge on any atom is 0.300 e. The van der Waals surface area contributed by atoms with Crippen molar-refractivity contribution in [2.75, 3.05) is 0 Å². The highest BCUT2D eigenvalue weighted by Crippen LogP contribution is 1.88. The Labute approximate surface area is 69.0 Å². The standard InChI is InChI=1S/C5H12.C2H4O2.ClH/c1-3-5-4-2;1-2(3)4;/h3-5H2,1-2H3;1H3,(H,3,4);1H. The van der Waals surface area contributed by atoms with E-state index in [0.717, 1.165) is 6.92 Å². The monoisotopic (exact) mass is 168 g/mol. The van der Waals surface area contributed by atoms with E-state index in [9.17, 15) is 0 Å². The SMILES string of the molecule is CC(=O)O.CCCCC.Cl. The van der Waals surface area contributed by atoms with Crippen LogP contribution in [-0.2, 0) is 4.79 Å². The molecule has 10 heavy (non-hydrogen) atoms. The molecule has 0 unspecified atom stereocenters. The third-order valence-corrected chi connectivity index (χ3v) is 0.707. The van der Waals surface area contributed by atoms with Crippen LogP contribution >= 0.6 is 12.4 Å². The minimum Gasteiger partial charge on any atom is -0.481 e. The van der Waals surface area contributed by atoms with Gasteiger partial charge in [-0.3, -0.25) is 4.79 Å². The number of hydrogen-bond donors (Lipinski definition) is 1. The van der Waals surface area contributed by atoms with Crippen molar-refractivity contribution in [1.82, 2.24) is 0 Å². The van der Waals surface area contributed by atoms with Crippen LogP contribution in [0, 0.1) is 0 Å². The zero-order valence-corrected chi connectivity index (χ0v) is 7.70. The number of carboxylic acids is 1. The van der Waals surface area contributed by atoms with Crippen LogP contribution in [0.1, 0.15) is 40.0 Å². The fourth-order valence-electron chi connectivity index (χ4n) is 0.354. The van der Waals surface area contributed by atoms with Gasteiger partial charge in [-0.25, -0.2) is 0 Å². The molecule has 0 saturated carbocycles. The maximum absolute atomic E-state index is 9.00. The van der Waals surface area contributed by atoms with E-state index in [4.69, 9.17) is 9.90 Å². The van der Waals surface area contributed by atoms with E-state index in [0.29, 0.717) is 0 Å². The molecule has 0 aliphatic carbocycles. The van der Waals surface area contributed by atoms with E-state index in [1.165, 1.54) is 19.3 Å². The van der Waals surface area contributed by atoms with Crippen molar-refractivity contribution in [3.63, 3.8) is 0 Å². The third-order valence-electron chi connectivity index (χ3n) is 0.707. The number of halogens is 1. The van der Waals surface area contributed by atoms with Gasteiger partial charge in [-0.1, -0.05) is 33.1 Å². The van der Waals surface area contributed by atoms with Gasteiger partial charge in [-0.15, -0.1) is 12.4 Å². The molecule has 0 heterocycles. The van der Waals surface area contributed by atoms with Crippen LogP contribution in [0.25, 0.3) is 0 Å². The van der Waals surface area contributed by atoms with Gasteiger partial charge in [0, 0.05) is 6.92 Å². The molecule has 0 spiro atoms. The number of hydrogen-bond acceptors (Lipinski definition) is 1. The van der Waals surface area contributed by atoms with E-state index in [2.05, 4.69) is 13.8 Å². The molecule has 0 saturated heterocycles. The summed E-state index contributed by atoms with van der Waals surface area (Å²) in [7, 11) is 0. The Morgan fingerprint density at radius 2 is 1.50 bits per heavy atom. The largest absolute Gasteiger partial charge is 0.481 e. The van der Waals surface area contributed by atoms with Crippen LogP contribution in [0.15, 0.2) is 0 Å². The molecule has 0 rings (SSSR count). The van der Waals surface area contributed by atoms with Gasteiger partial charge in [-0.2, -0.15) is 0 Å². The van der Waals surface area contributed by atoms with Crippen molar-refractivity contribution in [3.05, 3.63) is 0 Å². The first-order valence-electron chi connectivity index (χ1n) is 3.34. The van der Waals surface area contributed by atoms with Gasteiger partial charge in [0.05, 0.1) is 0 Å². The molecule has 0 fully saturated rings. The Hall–Kier alpha value is -0.240. The lowest BCUT2D eigenvalue weighted by molar-refractivity contribution is -0.134. The van der Waals surface area contributed by atoms with Crippen LogP contribution in [0.3, 0.4) is 0 Å². The highest BCUT2D eigenvalue weighted by molar-refractivity contribution is 5.85. The lowest BCUT2D eigenvalue weighted by atomic mass is 10.3. The molecule has 0 atom stereocenters. The normalized spacial score (nSPS) is 6.70. The van der Waals surface area contributed by atoms with Crippen molar-refractivity contribution in [2.45, 2.75) is 40.0 Å². The second kappa shape index (κ2) is 15.9. The maximum atomic E-state index is 9.00. The molecule has 0 bridgehead atoms. The summed E-state index contributed by atoms with van der Waals surface area (Å²) in [6, 6.07) is 0. The molecule has 0 aromatic heterocycles. The first-order valence-corrected chi connectivity index (χ1v) is 3.34. The molecule has 0 aliphatic rings. The summed E-state index contributed by atoms with van der Waals surface area (Å²) in [5.41, 5.74) is 0. The number of carboxylic acid groups (broad SMARTS) is 1. The Morgan fingerprint density at radius 1 is 1.30 bits per heavy atom. The van der Waals surface area contributed by atoms with E-state index in [1.807, 2.05) is 0 Å². The molecule has 0 aromatic carbocycles. The molecule has 2 nitrogen and oxygen atoms in total. The summed E-state index contributed by atoms with van der Waals surface area (Å²) < 4.78 is 0. The Kier molecular flexibility index (Phi) is 26.1. The van der Waals surface area contributed by atoms with E-state index in [1.54, 1.807) is 0 Å². The molecular weight excluding hydrogens is 152 g/mol. The average molecular weight is 169 g/mol. The summed E-state index contributed by atoms with van der Waals surface area (Å²) in [4.78, 5) is 9.00. The van der Waals surface area contributed by atoms with Crippen LogP contribution < -0.4 is 0 Å². The molecule has 0 aromatic rings. The van der Waals surface area contributed by atoms with Gasteiger partial charge < -0.3 is 5.11 Å². The molecule has 64 valence electrons. The van der Waals surface area contributed by atoms with Gasteiger partial charge in [0.25, 0.3) is 5.97 Å². The van der Waals surface area contributed by atoms with Gasteiger partial charge in [0.2, 0.25) is 0 Å². The Bertz CT molecular complexity index is 58.6. The fourth-order valence-corrected chi connectivity index (χ4v) is 0.354. The number of aliphatic carboxylic acids is 1. The zero-order valence-electron chi connectivity index (χ0n) is 6.89.